The van der Waals surface area contributed by atoms with Gasteiger partial charge in [-0.25, -0.2) is 9.50 Å². The molecular formula is C20H22N6O2. The minimum atomic E-state index is -0.321. The molecule has 144 valence electrons. The minimum Gasteiger partial charge on any atom is -0.378 e. The zero-order valence-corrected chi connectivity index (χ0v) is 15.6. The van der Waals surface area contributed by atoms with Gasteiger partial charge >= 0.3 is 0 Å². The standard InChI is InChI=1S/C20H22N6O2/c1-28-16-15(23-18(27)17-24-19-22-9-4-12-26(19)25-17)13-5-2-3-6-14(13)20(16)7-10-21-11-8-20/h2-6,9,12,15-16,21H,7-8,10-11H2,1H3,(H,23,27)/t15-,16+/m0/s1. The Kier molecular flexibility index (Phi) is 4.10. The van der Waals surface area contributed by atoms with Gasteiger partial charge in [-0.05, 0) is 43.1 Å². The summed E-state index contributed by atoms with van der Waals surface area (Å²) >= 11 is 0. The molecule has 2 aromatic heterocycles. The molecule has 1 aliphatic carbocycles. The molecule has 1 aliphatic heterocycles. The molecular weight excluding hydrogens is 356 g/mol. The van der Waals surface area contributed by atoms with Gasteiger partial charge in [0.05, 0.1) is 12.1 Å². The van der Waals surface area contributed by atoms with Crippen molar-refractivity contribution in [1.29, 1.82) is 0 Å². The number of nitrogens with zero attached hydrogens (tertiary/aromatic N) is 4. The number of piperidine rings is 1. The van der Waals surface area contributed by atoms with E-state index < -0.39 is 0 Å². The molecule has 8 heteroatoms. The molecule has 8 nitrogen and oxygen atoms in total. The van der Waals surface area contributed by atoms with E-state index in [4.69, 9.17) is 4.74 Å². The Morgan fingerprint density at radius 1 is 1.29 bits per heavy atom. The summed E-state index contributed by atoms with van der Waals surface area (Å²) < 4.78 is 7.49. The van der Waals surface area contributed by atoms with Crippen molar-refractivity contribution in [1.82, 2.24) is 30.2 Å². The maximum Gasteiger partial charge on any atom is 0.291 e. The molecule has 2 aliphatic rings. The lowest BCUT2D eigenvalue weighted by atomic mass is 9.72. The summed E-state index contributed by atoms with van der Waals surface area (Å²) in [5.74, 6) is 0.188. The molecule has 1 saturated heterocycles. The summed E-state index contributed by atoms with van der Waals surface area (Å²) in [5.41, 5.74) is 2.30. The molecule has 0 bridgehead atoms. The number of amides is 1. The number of hydrogen-bond donors (Lipinski definition) is 2. The van der Waals surface area contributed by atoms with Crippen LogP contribution in [-0.4, -0.2) is 51.8 Å². The summed E-state index contributed by atoms with van der Waals surface area (Å²) in [7, 11) is 1.73. The molecule has 2 atom stereocenters. The number of carbonyl (C=O) groups excluding carboxylic acids is 1. The van der Waals surface area contributed by atoms with Crippen LogP contribution >= 0.6 is 0 Å². The molecule has 0 radical (unpaired) electrons. The lowest BCUT2D eigenvalue weighted by Crippen LogP contribution is -2.49. The van der Waals surface area contributed by atoms with Gasteiger partial charge in [0.15, 0.2) is 0 Å². The van der Waals surface area contributed by atoms with E-state index in [1.54, 1.807) is 25.6 Å². The number of nitrogens with one attached hydrogen (secondary N) is 2. The second kappa shape index (κ2) is 6.65. The third-order valence-electron chi connectivity index (χ3n) is 6.04. The first-order valence-electron chi connectivity index (χ1n) is 9.54. The summed E-state index contributed by atoms with van der Waals surface area (Å²) in [6.07, 6.45) is 5.17. The normalized spacial score (nSPS) is 23.0. The largest absolute Gasteiger partial charge is 0.378 e. The maximum atomic E-state index is 13.0. The number of methoxy groups -OCH3 is 1. The monoisotopic (exact) mass is 378 g/mol. The van der Waals surface area contributed by atoms with E-state index in [9.17, 15) is 4.79 Å². The fourth-order valence-corrected chi connectivity index (χ4v) is 4.83. The Labute approximate surface area is 162 Å². The zero-order chi connectivity index (χ0) is 19.1. The van der Waals surface area contributed by atoms with Gasteiger partial charge in [-0.1, -0.05) is 24.3 Å². The second-order valence-electron chi connectivity index (χ2n) is 7.40. The van der Waals surface area contributed by atoms with Crippen molar-refractivity contribution >= 4 is 11.7 Å². The highest BCUT2D eigenvalue weighted by atomic mass is 16.5. The number of rotatable bonds is 3. The lowest BCUT2D eigenvalue weighted by molar-refractivity contribution is 0.00387. The highest BCUT2D eigenvalue weighted by Gasteiger charge is 2.53. The predicted octanol–water partition coefficient (Wildman–Crippen LogP) is 1.25. The quantitative estimate of drug-likeness (QED) is 0.712. The Bertz CT molecular complexity index is 993. The fraction of sp³-hybridized carbons (Fsp3) is 0.400. The van der Waals surface area contributed by atoms with Crippen molar-refractivity contribution in [2.45, 2.75) is 30.4 Å². The van der Waals surface area contributed by atoms with Gasteiger partial charge in [-0.3, -0.25) is 4.79 Å². The first-order valence-corrected chi connectivity index (χ1v) is 9.54. The summed E-state index contributed by atoms with van der Waals surface area (Å²) in [6.45, 7) is 1.88. The van der Waals surface area contributed by atoms with Crippen molar-refractivity contribution in [2.75, 3.05) is 20.2 Å². The van der Waals surface area contributed by atoms with Gasteiger partial charge in [0, 0.05) is 24.9 Å². The van der Waals surface area contributed by atoms with Gasteiger partial charge in [0.1, 0.15) is 0 Å². The number of fused-ring (bicyclic) bond motifs is 3. The zero-order valence-electron chi connectivity index (χ0n) is 15.6. The molecule has 0 unspecified atom stereocenters. The minimum absolute atomic E-state index is 0.0948. The second-order valence-corrected chi connectivity index (χ2v) is 7.40. The van der Waals surface area contributed by atoms with E-state index in [1.807, 2.05) is 6.07 Å². The first kappa shape index (κ1) is 17.3. The van der Waals surface area contributed by atoms with Crippen LogP contribution < -0.4 is 10.6 Å². The maximum absolute atomic E-state index is 13.0. The molecule has 2 N–H and O–H groups in total. The van der Waals surface area contributed by atoms with Crippen molar-refractivity contribution < 1.29 is 9.53 Å². The predicted molar refractivity (Wildman–Crippen MR) is 102 cm³/mol. The average Bonchev–Trinajstić information content (AvgIpc) is 3.27. The number of carbonyl (C=O) groups is 1. The number of ether oxygens (including phenoxy) is 1. The summed E-state index contributed by atoms with van der Waals surface area (Å²) in [6, 6.07) is 9.84. The van der Waals surface area contributed by atoms with Crippen LogP contribution in [0.5, 0.6) is 0 Å². The molecule has 3 heterocycles. The molecule has 1 spiro atoms. The van der Waals surface area contributed by atoms with Crippen LogP contribution in [-0.2, 0) is 10.2 Å². The van der Waals surface area contributed by atoms with E-state index in [0.717, 1.165) is 31.5 Å². The SMILES string of the molecule is CO[C@@H]1[C@@H](NC(=O)c2nc3ncccn3n2)c2ccccc2C12CCNCC2. The summed E-state index contributed by atoms with van der Waals surface area (Å²) in [5, 5.41) is 10.8. The molecule has 28 heavy (non-hydrogen) atoms. The molecule has 1 fully saturated rings. The van der Waals surface area contributed by atoms with Gasteiger partial charge < -0.3 is 15.4 Å². The van der Waals surface area contributed by atoms with Crippen LogP contribution in [0.25, 0.3) is 5.78 Å². The molecule has 5 rings (SSSR count). The molecule has 0 saturated carbocycles. The molecule has 1 amide bonds. The number of hydrogen-bond acceptors (Lipinski definition) is 6. The third kappa shape index (κ3) is 2.52. The Balaban J connectivity index is 1.50. The van der Waals surface area contributed by atoms with Crippen LogP contribution in [0, 0.1) is 0 Å². The van der Waals surface area contributed by atoms with Crippen LogP contribution in [0.3, 0.4) is 0 Å². The van der Waals surface area contributed by atoms with Crippen LogP contribution in [0.15, 0.2) is 42.7 Å². The number of benzene rings is 1. The van der Waals surface area contributed by atoms with E-state index in [1.165, 1.54) is 10.1 Å². The van der Waals surface area contributed by atoms with Crippen LogP contribution in [0.2, 0.25) is 0 Å². The first-order chi connectivity index (χ1) is 13.7. The molecule has 3 aromatic rings. The lowest BCUT2D eigenvalue weighted by Gasteiger charge is -2.40. The van der Waals surface area contributed by atoms with E-state index in [0.29, 0.717) is 5.78 Å². The average molecular weight is 378 g/mol. The van der Waals surface area contributed by atoms with E-state index >= 15 is 0 Å². The van der Waals surface area contributed by atoms with Crippen molar-refractivity contribution in [3.05, 3.63) is 59.7 Å². The van der Waals surface area contributed by atoms with Crippen LogP contribution in [0.1, 0.15) is 40.6 Å². The fourth-order valence-electron chi connectivity index (χ4n) is 4.83. The van der Waals surface area contributed by atoms with Gasteiger partial charge in [0.25, 0.3) is 11.7 Å². The van der Waals surface area contributed by atoms with Crippen molar-refractivity contribution in [2.24, 2.45) is 0 Å². The van der Waals surface area contributed by atoms with Gasteiger partial charge in [-0.2, -0.15) is 4.98 Å². The van der Waals surface area contributed by atoms with Crippen molar-refractivity contribution in [3.8, 4) is 0 Å². The van der Waals surface area contributed by atoms with Gasteiger partial charge in [0.2, 0.25) is 5.82 Å². The van der Waals surface area contributed by atoms with E-state index in [2.05, 4.69) is 43.9 Å². The smallest absolute Gasteiger partial charge is 0.291 e. The molecule has 1 aromatic carbocycles. The van der Waals surface area contributed by atoms with E-state index in [-0.39, 0.29) is 29.3 Å². The summed E-state index contributed by atoms with van der Waals surface area (Å²) in [4.78, 5) is 21.3. The highest BCUT2D eigenvalue weighted by Crippen LogP contribution is 2.51. The number of aromatic nitrogens is 4. The Morgan fingerprint density at radius 3 is 2.89 bits per heavy atom. The Hall–Kier alpha value is -2.84. The topological polar surface area (TPSA) is 93.4 Å². The van der Waals surface area contributed by atoms with Crippen LogP contribution in [0.4, 0.5) is 0 Å². The van der Waals surface area contributed by atoms with Crippen molar-refractivity contribution in [3.63, 3.8) is 0 Å². The van der Waals surface area contributed by atoms with Gasteiger partial charge in [-0.15, -0.1) is 5.10 Å². The Morgan fingerprint density at radius 2 is 2.11 bits per heavy atom. The highest BCUT2D eigenvalue weighted by molar-refractivity contribution is 5.91. The third-order valence-corrected chi connectivity index (χ3v) is 6.04.